The largest absolute Gasteiger partial charge is 0.338 e. The summed E-state index contributed by atoms with van der Waals surface area (Å²) in [6.45, 7) is 8.92. The minimum Gasteiger partial charge on any atom is -0.338 e. The Morgan fingerprint density at radius 3 is 2.59 bits per heavy atom. The number of likely N-dealkylation sites (N-methyl/N-ethyl adjacent to an activating group) is 1. The molecular formula is C26H32ClN5O2. The van der Waals surface area contributed by atoms with Gasteiger partial charge in [0.15, 0.2) is 0 Å². The molecule has 34 heavy (non-hydrogen) atoms. The van der Waals surface area contributed by atoms with Gasteiger partial charge < -0.3 is 14.4 Å². The molecule has 0 radical (unpaired) electrons. The van der Waals surface area contributed by atoms with E-state index in [1.165, 1.54) is 0 Å². The molecule has 0 bridgehead atoms. The zero-order valence-electron chi connectivity index (χ0n) is 19.8. The van der Waals surface area contributed by atoms with Crippen LogP contribution in [0.3, 0.4) is 0 Å². The number of fused-ring (bicyclic) bond motifs is 1. The second-order valence-corrected chi connectivity index (χ2v) is 9.13. The van der Waals surface area contributed by atoms with E-state index in [0.29, 0.717) is 29.6 Å². The third-order valence-corrected chi connectivity index (χ3v) is 6.85. The van der Waals surface area contributed by atoms with Gasteiger partial charge in [0.2, 0.25) is 11.9 Å². The molecule has 2 heterocycles. The number of para-hydroxylation sites is 2. The van der Waals surface area contributed by atoms with Gasteiger partial charge in [-0.1, -0.05) is 37.6 Å². The van der Waals surface area contributed by atoms with E-state index in [9.17, 15) is 9.59 Å². The van der Waals surface area contributed by atoms with Crippen molar-refractivity contribution in [2.24, 2.45) is 5.92 Å². The highest BCUT2D eigenvalue weighted by molar-refractivity contribution is 6.30. The van der Waals surface area contributed by atoms with Crippen molar-refractivity contribution >= 4 is 40.4 Å². The molecule has 0 saturated carbocycles. The van der Waals surface area contributed by atoms with Crippen LogP contribution in [0.2, 0.25) is 5.02 Å². The Morgan fingerprint density at radius 2 is 1.85 bits per heavy atom. The van der Waals surface area contributed by atoms with E-state index < -0.39 is 0 Å². The van der Waals surface area contributed by atoms with E-state index in [4.69, 9.17) is 16.6 Å². The van der Waals surface area contributed by atoms with Crippen molar-refractivity contribution in [1.82, 2.24) is 19.4 Å². The van der Waals surface area contributed by atoms with Crippen LogP contribution in [0.4, 0.5) is 5.95 Å². The SMILES string of the molecule is CCN(CC)CCn1c(NC(=O)[C@H]2CCCN(C(=O)c3ccc(Cl)cc3)C2)nc2ccccc21. The number of halogens is 1. The lowest BCUT2D eigenvalue weighted by atomic mass is 9.96. The van der Waals surface area contributed by atoms with Crippen LogP contribution in [0.5, 0.6) is 0 Å². The standard InChI is InChI=1S/C26H32ClN5O2/c1-3-30(4-2)16-17-32-23-10-6-5-9-22(23)28-26(32)29-24(33)20-8-7-15-31(18-20)25(34)19-11-13-21(27)14-12-19/h5-6,9-14,20H,3-4,7-8,15-18H2,1-2H3,(H,28,29,33)/t20-/m0/s1. The summed E-state index contributed by atoms with van der Waals surface area (Å²) in [5, 5.41) is 3.67. The monoisotopic (exact) mass is 481 g/mol. The van der Waals surface area contributed by atoms with Crippen LogP contribution in [0, 0.1) is 5.92 Å². The summed E-state index contributed by atoms with van der Waals surface area (Å²) < 4.78 is 2.09. The molecular weight excluding hydrogens is 450 g/mol. The van der Waals surface area contributed by atoms with Gasteiger partial charge in [-0.05, 0) is 62.3 Å². The second kappa shape index (κ2) is 11.0. The molecule has 0 unspecified atom stereocenters. The summed E-state index contributed by atoms with van der Waals surface area (Å²) in [5.41, 5.74) is 2.46. The Balaban J connectivity index is 1.48. The minimum absolute atomic E-state index is 0.0689. The summed E-state index contributed by atoms with van der Waals surface area (Å²) in [7, 11) is 0. The molecule has 1 saturated heterocycles. The molecule has 1 aromatic heterocycles. The highest BCUT2D eigenvalue weighted by Gasteiger charge is 2.30. The number of nitrogens with zero attached hydrogens (tertiary/aromatic N) is 4. The van der Waals surface area contributed by atoms with E-state index >= 15 is 0 Å². The molecule has 3 aromatic rings. The number of aromatic nitrogens is 2. The highest BCUT2D eigenvalue weighted by atomic mass is 35.5. The van der Waals surface area contributed by atoms with Gasteiger partial charge in [-0.2, -0.15) is 0 Å². The van der Waals surface area contributed by atoms with Gasteiger partial charge in [-0.3, -0.25) is 14.9 Å². The number of imidazole rings is 1. The van der Waals surface area contributed by atoms with Gasteiger partial charge in [0, 0.05) is 36.8 Å². The Bertz CT molecular complexity index is 1140. The van der Waals surface area contributed by atoms with Crippen molar-refractivity contribution in [3.63, 3.8) is 0 Å². The summed E-state index contributed by atoms with van der Waals surface area (Å²) in [5.74, 6) is 0.134. The average Bonchev–Trinajstić information content (AvgIpc) is 3.21. The lowest BCUT2D eigenvalue weighted by molar-refractivity contribution is -0.121. The molecule has 1 aliphatic rings. The maximum Gasteiger partial charge on any atom is 0.253 e. The van der Waals surface area contributed by atoms with E-state index in [1.54, 1.807) is 29.2 Å². The topological polar surface area (TPSA) is 70.5 Å². The number of hydrogen-bond donors (Lipinski definition) is 1. The molecule has 0 spiro atoms. The number of carbonyl (C=O) groups excluding carboxylic acids is 2. The summed E-state index contributed by atoms with van der Waals surface area (Å²) in [6.07, 6.45) is 1.53. The lowest BCUT2D eigenvalue weighted by Crippen LogP contribution is -2.44. The van der Waals surface area contributed by atoms with Gasteiger partial charge in [-0.25, -0.2) is 4.98 Å². The molecule has 0 aliphatic carbocycles. The third-order valence-electron chi connectivity index (χ3n) is 6.59. The van der Waals surface area contributed by atoms with Gasteiger partial charge >= 0.3 is 0 Å². The summed E-state index contributed by atoms with van der Waals surface area (Å²) in [6, 6.07) is 14.8. The smallest absolute Gasteiger partial charge is 0.253 e. The number of likely N-dealkylation sites (tertiary alicyclic amines) is 1. The number of benzene rings is 2. The Labute approximate surface area is 205 Å². The van der Waals surface area contributed by atoms with Gasteiger partial charge in [0.05, 0.1) is 17.0 Å². The lowest BCUT2D eigenvalue weighted by Gasteiger charge is -2.32. The number of hydrogen-bond acceptors (Lipinski definition) is 4. The van der Waals surface area contributed by atoms with Crippen LogP contribution in [0.25, 0.3) is 11.0 Å². The molecule has 2 aromatic carbocycles. The fourth-order valence-corrected chi connectivity index (χ4v) is 4.67. The molecule has 180 valence electrons. The van der Waals surface area contributed by atoms with Crippen molar-refractivity contribution in [3.8, 4) is 0 Å². The molecule has 8 heteroatoms. The molecule has 7 nitrogen and oxygen atoms in total. The summed E-state index contributed by atoms with van der Waals surface area (Å²) in [4.78, 5) is 35.0. The highest BCUT2D eigenvalue weighted by Crippen LogP contribution is 2.24. The minimum atomic E-state index is -0.277. The summed E-state index contributed by atoms with van der Waals surface area (Å²) >= 11 is 5.95. The molecule has 4 rings (SSSR count). The number of nitrogens with one attached hydrogen (secondary N) is 1. The van der Waals surface area contributed by atoms with Crippen molar-refractivity contribution in [2.45, 2.75) is 33.2 Å². The first-order valence-corrected chi connectivity index (χ1v) is 12.4. The predicted molar refractivity (Wildman–Crippen MR) is 136 cm³/mol. The molecule has 2 amide bonds. The van der Waals surface area contributed by atoms with E-state index in [1.807, 2.05) is 24.3 Å². The van der Waals surface area contributed by atoms with Crippen LogP contribution in [0.1, 0.15) is 37.0 Å². The van der Waals surface area contributed by atoms with Gasteiger partial charge in [0.1, 0.15) is 0 Å². The first-order valence-electron chi connectivity index (χ1n) is 12.0. The number of anilines is 1. The number of carbonyl (C=O) groups is 2. The Morgan fingerprint density at radius 1 is 1.12 bits per heavy atom. The maximum absolute atomic E-state index is 13.3. The van der Waals surface area contributed by atoms with E-state index in [2.05, 4.69) is 28.6 Å². The van der Waals surface area contributed by atoms with Crippen molar-refractivity contribution < 1.29 is 9.59 Å². The molecule has 1 fully saturated rings. The van der Waals surface area contributed by atoms with Crippen molar-refractivity contribution in [2.75, 3.05) is 38.0 Å². The van der Waals surface area contributed by atoms with Crippen molar-refractivity contribution in [1.29, 1.82) is 0 Å². The zero-order valence-corrected chi connectivity index (χ0v) is 20.6. The van der Waals surface area contributed by atoms with Crippen LogP contribution in [-0.2, 0) is 11.3 Å². The zero-order chi connectivity index (χ0) is 24.1. The first-order chi connectivity index (χ1) is 16.5. The number of amides is 2. The predicted octanol–water partition coefficient (Wildman–Crippen LogP) is 4.52. The molecule has 1 N–H and O–H groups in total. The van der Waals surface area contributed by atoms with Crippen LogP contribution >= 0.6 is 11.6 Å². The number of rotatable bonds is 8. The molecule has 1 aliphatic heterocycles. The first kappa shape index (κ1) is 24.2. The number of piperidine rings is 1. The quantitative estimate of drug-likeness (QED) is 0.513. The van der Waals surface area contributed by atoms with Gasteiger partial charge in [-0.15, -0.1) is 0 Å². The second-order valence-electron chi connectivity index (χ2n) is 8.69. The third kappa shape index (κ3) is 5.42. The van der Waals surface area contributed by atoms with Crippen LogP contribution in [-0.4, -0.2) is 63.9 Å². The maximum atomic E-state index is 13.3. The van der Waals surface area contributed by atoms with Gasteiger partial charge in [0.25, 0.3) is 5.91 Å². The van der Waals surface area contributed by atoms with E-state index in [0.717, 1.165) is 50.1 Å². The molecule has 1 atom stereocenters. The van der Waals surface area contributed by atoms with E-state index in [-0.39, 0.29) is 17.7 Å². The van der Waals surface area contributed by atoms with Crippen LogP contribution < -0.4 is 5.32 Å². The van der Waals surface area contributed by atoms with Crippen molar-refractivity contribution in [3.05, 3.63) is 59.1 Å². The average molecular weight is 482 g/mol. The normalized spacial score (nSPS) is 16.2. The fourth-order valence-electron chi connectivity index (χ4n) is 4.54. The fraction of sp³-hybridized carbons (Fsp3) is 0.423. The van der Waals surface area contributed by atoms with Crippen LogP contribution in [0.15, 0.2) is 48.5 Å². The Hall–Kier alpha value is -2.90. The Kier molecular flexibility index (Phi) is 7.85.